The molecule has 0 N–H and O–H groups in total. The molecule has 0 heterocycles. The minimum Gasteiger partial charge on any atom is -0.458 e. The number of carbonyl (C=O) groups excluding carboxylic acids is 2. The predicted molar refractivity (Wildman–Crippen MR) is 129 cm³/mol. The summed E-state index contributed by atoms with van der Waals surface area (Å²) in [5.74, 6) is -0.951. The standard InChI is InChI=1S/C30H22O4/c31-18-34-29(28-25-13-5-3-11-23(25)24-12-4-6-14-26(24)28)30(32)33-17-20-9-7-15-22-21-10-2-1-8-19(21)16-27(20)22/h1-15,18,28-29H,16-17H2. The van der Waals surface area contributed by atoms with Crippen molar-refractivity contribution in [3.05, 3.63) is 119 Å². The van der Waals surface area contributed by atoms with E-state index >= 15 is 0 Å². The molecular weight excluding hydrogens is 424 g/mol. The highest BCUT2D eigenvalue weighted by Crippen LogP contribution is 2.47. The average Bonchev–Trinajstić information content (AvgIpc) is 3.42. The Balaban J connectivity index is 1.29. The fourth-order valence-corrected chi connectivity index (χ4v) is 5.44. The summed E-state index contributed by atoms with van der Waals surface area (Å²) in [5, 5.41) is 0. The number of fused-ring (bicyclic) bond motifs is 6. The quantitative estimate of drug-likeness (QED) is 0.250. The maximum absolute atomic E-state index is 13.3. The zero-order chi connectivity index (χ0) is 23.1. The Bertz CT molecular complexity index is 1380. The van der Waals surface area contributed by atoms with Crippen LogP contribution in [0.5, 0.6) is 0 Å². The third-order valence-corrected chi connectivity index (χ3v) is 6.94. The first-order chi connectivity index (χ1) is 16.8. The zero-order valence-electron chi connectivity index (χ0n) is 18.4. The van der Waals surface area contributed by atoms with Gasteiger partial charge < -0.3 is 9.47 Å². The van der Waals surface area contributed by atoms with Crippen LogP contribution in [0.2, 0.25) is 0 Å². The van der Waals surface area contributed by atoms with Crippen molar-refractivity contribution < 1.29 is 19.1 Å². The molecule has 4 aromatic carbocycles. The van der Waals surface area contributed by atoms with E-state index in [1.165, 1.54) is 22.3 Å². The van der Waals surface area contributed by atoms with E-state index in [2.05, 4.69) is 18.2 Å². The number of ether oxygens (including phenoxy) is 2. The van der Waals surface area contributed by atoms with Gasteiger partial charge in [0.2, 0.25) is 6.10 Å². The Morgan fingerprint density at radius 2 is 1.41 bits per heavy atom. The van der Waals surface area contributed by atoms with Gasteiger partial charge in [0.05, 0.1) is 5.92 Å². The molecule has 0 bridgehead atoms. The lowest BCUT2D eigenvalue weighted by molar-refractivity contribution is -0.163. The topological polar surface area (TPSA) is 52.6 Å². The summed E-state index contributed by atoms with van der Waals surface area (Å²) >= 11 is 0. The van der Waals surface area contributed by atoms with E-state index in [-0.39, 0.29) is 6.61 Å². The van der Waals surface area contributed by atoms with E-state index < -0.39 is 18.0 Å². The van der Waals surface area contributed by atoms with Gasteiger partial charge in [-0.05, 0) is 56.5 Å². The lowest BCUT2D eigenvalue weighted by atomic mass is 9.91. The first-order valence-electron chi connectivity index (χ1n) is 11.4. The second kappa shape index (κ2) is 8.31. The highest BCUT2D eigenvalue weighted by atomic mass is 16.6. The van der Waals surface area contributed by atoms with Crippen LogP contribution in [-0.2, 0) is 32.1 Å². The first kappa shape index (κ1) is 20.4. The monoisotopic (exact) mass is 446 g/mol. The zero-order valence-corrected chi connectivity index (χ0v) is 18.4. The van der Waals surface area contributed by atoms with Gasteiger partial charge in [-0.2, -0.15) is 0 Å². The second-order valence-electron chi connectivity index (χ2n) is 8.69. The van der Waals surface area contributed by atoms with Crippen LogP contribution >= 0.6 is 0 Å². The summed E-state index contributed by atoms with van der Waals surface area (Å²) in [4.78, 5) is 24.7. The fraction of sp³-hybridized carbons (Fsp3) is 0.133. The second-order valence-corrected chi connectivity index (χ2v) is 8.69. The van der Waals surface area contributed by atoms with Crippen LogP contribution in [0.15, 0.2) is 91.0 Å². The molecule has 4 nitrogen and oxygen atoms in total. The highest BCUT2D eigenvalue weighted by Gasteiger charge is 2.40. The normalized spacial score (nSPS) is 13.9. The molecule has 166 valence electrons. The number of carbonyl (C=O) groups is 2. The average molecular weight is 447 g/mol. The van der Waals surface area contributed by atoms with Gasteiger partial charge in [-0.25, -0.2) is 4.79 Å². The Kier molecular flexibility index (Phi) is 4.99. The molecule has 4 aromatic rings. The number of hydrogen-bond acceptors (Lipinski definition) is 4. The third-order valence-electron chi connectivity index (χ3n) is 6.94. The Morgan fingerprint density at radius 3 is 2.12 bits per heavy atom. The van der Waals surface area contributed by atoms with E-state index in [0.717, 1.165) is 34.2 Å². The van der Waals surface area contributed by atoms with Crippen molar-refractivity contribution in [1.29, 1.82) is 0 Å². The van der Waals surface area contributed by atoms with Crippen LogP contribution in [0.3, 0.4) is 0 Å². The van der Waals surface area contributed by atoms with Crippen LogP contribution in [-0.4, -0.2) is 18.5 Å². The van der Waals surface area contributed by atoms with Crippen molar-refractivity contribution in [3.63, 3.8) is 0 Å². The predicted octanol–water partition coefficient (Wildman–Crippen LogP) is 5.66. The molecular formula is C30H22O4. The number of rotatable bonds is 6. The van der Waals surface area contributed by atoms with Crippen LogP contribution in [0.4, 0.5) is 0 Å². The van der Waals surface area contributed by atoms with Gasteiger partial charge >= 0.3 is 5.97 Å². The van der Waals surface area contributed by atoms with E-state index in [1.54, 1.807) is 0 Å². The summed E-state index contributed by atoms with van der Waals surface area (Å²) in [6.07, 6.45) is -0.243. The van der Waals surface area contributed by atoms with Crippen molar-refractivity contribution in [3.8, 4) is 22.3 Å². The molecule has 0 aromatic heterocycles. The van der Waals surface area contributed by atoms with Gasteiger partial charge in [-0.1, -0.05) is 91.0 Å². The van der Waals surface area contributed by atoms with Crippen LogP contribution in [0.1, 0.15) is 33.7 Å². The maximum atomic E-state index is 13.3. The SMILES string of the molecule is O=COC(C(=O)OCc1cccc2c1Cc1ccccc1-2)C1c2ccccc2-c2ccccc21. The lowest BCUT2D eigenvalue weighted by Crippen LogP contribution is -2.32. The molecule has 1 atom stereocenters. The Hall–Kier alpha value is -4.18. The van der Waals surface area contributed by atoms with Gasteiger partial charge in [0, 0.05) is 0 Å². The van der Waals surface area contributed by atoms with E-state index in [1.807, 2.05) is 72.8 Å². The molecule has 2 aliphatic rings. The molecule has 0 radical (unpaired) electrons. The van der Waals surface area contributed by atoms with Gasteiger partial charge in [0.15, 0.2) is 0 Å². The fourth-order valence-electron chi connectivity index (χ4n) is 5.44. The minimum atomic E-state index is -1.06. The molecule has 0 spiro atoms. The molecule has 0 fully saturated rings. The molecule has 0 saturated carbocycles. The first-order valence-corrected chi connectivity index (χ1v) is 11.4. The molecule has 2 aliphatic carbocycles. The summed E-state index contributed by atoms with van der Waals surface area (Å²) in [5.41, 5.74) is 9.86. The van der Waals surface area contributed by atoms with E-state index in [0.29, 0.717) is 6.47 Å². The molecule has 1 unspecified atom stereocenters. The van der Waals surface area contributed by atoms with Crippen molar-refractivity contribution >= 4 is 12.4 Å². The molecule has 0 saturated heterocycles. The molecule has 34 heavy (non-hydrogen) atoms. The lowest BCUT2D eigenvalue weighted by Gasteiger charge is -2.22. The molecule has 6 rings (SSSR count). The summed E-state index contributed by atoms with van der Waals surface area (Å²) in [7, 11) is 0. The van der Waals surface area contributed by atoms with Crippen molar-refractivity contribution in [2.75, 3.05) is 0 Å². The Labute approximate surface area is 197 Å². The number of esters is 1. The van der Waals surface area contributed by atoms with Crippen molar-refractivity contribution in [2.45, 2.75) is 25.0 Å². The van der Waals surface area contributed by atoms with Gasteiger partial charge in [0.25, 0.3) is 6.47 Å². The van der Waals surface area contributed by atoms with Gasteiger partial charge in [0.1, 0.15) is 6.61 Å². The van der Waals surface area contributed by atoms with Gasteiger partial charge in [-0.3, -0.25) is 4.79 Å². The van der Waals surface area contributed by atoms with Crippen LogP contribution < -0.4 is 0 Å². The van der Waals surface area contributed by atoms with E-state index in [9.17, 15) is 9.59 Å². The molecule has 0 aliphatic heterocycles. The minimum absolute atomic E-state index is 0.130. The van der Waals surface area contributed by atoms with Crippen LogP contribution in [0.25, 0.3) is 22.3 Å². The van der Waals surface area contributed by atoms with Crippen molar-refractivity contribution in [2.24, 2.45) is 0 Å². The summed E-state index contributed by atoms with van der Waals surface area (Å²) < 4.78 is 11.2. The summed E-state index contributed by atoms with van der Waals surface area (Å²) in [6.45, 7) is 0.469. The van der Waals surface area contributed by atoms with Gasteiger partial charge in [-0.15, -0.1) is 0 Å². The van der Waals surface area contributed by atoms with Crippen molar-refractivity contribution in [1.82, 2.24) is 0 Å². The highest BCUT2D eigenvalue weighted by molar-refractivity contribution is 5.85. The molecule has 4 heteroatoms. The van der Waals surface area contributed by atoms with Crippen LogP contribution in [0, 0.1) is 0 Å². The smallest absolute Gasteiger partial charge is 0.348 e. The maximum Gasteiger partial charge on any atom is 0.348 e. The number of benzene rings is 4. The Morgan fingerprint density at radius 1 is 0.794 bits per heavy atom. The molecule has 0 amide bonds. The third kappa shape index (κ3) is 3.22. The van der Waals surface area contributed by atoms with E-state index in [4.69, 9.17) is 9.47 Å². The number of hydrogen-bond donors (Lipinski definition) is 0. The summed E-state index contributed by atoms with van der Waals surface area (Å²) in [6, 6.07) is 30.3. The largest absolute Gasteiger partial charge is 0.458 e.